The first-order valence-electron chi connectivity index (χ1n) is 3.99. The van der Waals surface area contributed by atoms with Gasteiger partial charge in [0, 0.05) is 0 Å². The number of H-pyrrole nitrogens is 1. The number of aliphatic carboxylic acids is 1. The molecule has 0 saturated heterocycles. The highest BCUT2D eigenvalue weighted by Gasteiger charge is 2.38. The Bertz CT molecular complexity index is 364. The standard InChI is InChI=1S/C4H6N4O2.C2HF3O2/c1-2-10-4(9)3-5-7-8-6-3;3-2(4,5)1(6)7/h2H2,1H3,(H,5,6,7,8);(H,6,7). The van der Waals surface area contributed by atoms with E-state index in [0.29, 0.717) is 6.61 Å². The molecule has 0 unspecified atom stereocenters. The molecular weight excluding hydrogens is 249 g/mol. The van der Waals surface area contributed by atoms with Gasteiger partial charge in [0.2, 0.25) is 0 Å². The van der Waals surface area contributed by atoms with E-state index >= 15 is 0 Å². The summed E-state index contributed by atoms with van der Waals surface area (Å²) in [5.74, 6) is -3.36. The van der Waals surface area contributed by atoms with E-state index in [1.165, 1.54) is 0 Å². The zero-order valence-electron chi connectivity index (χ0n) is 8.35. The maximum atomic E-state index is 10.7. The maximum absolute atomic E-state index is 10.7. The molecule has 0 bridgehead atoms. The number of halogens is 3. The normalized spacial score (nSPS) is 10.1. The lowest BCUT2D eigenvalue weighted by Gasteiger charge is -1.93. The Morgan fingerprint density at radius 1 is 1.47 bits per heavy atom. The fourth-order valence-electron chi connectivity index (χ4n) is 0.444. The number of aromatic amines is 1. The van der Waals surface area contributed by atoms with Crippen LogP contribution in [0.4, 0.5) is 13.2 Å². The highest BCUT2D eigenvalue weighted by Crippen LogP contribution is 2.13. The van der Waals surface area contributed by atoms with E-state index in [-0.39, 0.29) is 5.82 Å². The minimum Gasteiger partial charge on any atom is -0.475 e. The van der Waals surface area contributed by atoms with Crippen LogP contribution in [0.1, 0.15) is 17.5 Å². The van der Waals surface area contributed by atoms with Crippen LogP contribution in [0.25, 0.3) is 0 Å². The first-order valence-corrected chi connectivity index (χ1v) is 3.99. The molecule has 0 radical (unpaired) electrons. The van der Waals surface area contributed by atoms with Crippen molar-refractivity contribution < 1.29 is 32.6 Å². The number of hydrogen-bond donors (Lipinski definition) is 2. The van der Waals surface area contributed by atoms with Gasteiger partial charge >= 0.3 is 18.1 Å². The van der Waals surface area contributed by atoms with E-state index in [2.05, 4.69) is 25.4 Å². The molecule has 1 heterocycles. The molecular formula is C6H7F3N4O4. The van der Waals surface area contributed by atoms with E-state index in [4.69, 9.17) is 9.90 Å². The van der Waals surface area contributed by atoms with Crippen molar-refractivity contribution in [2.75, 3.05) is 6.61 Å². The molecule has 0 spiro atoms. The van der Waals surface area contributed by atoms with E-state index in [1.54, 1.807) is 6.92 Å². The summed E-state index contributed by atoms with van der Waals surface area (Å²) in [5, 5.41) is 19.3. The monoisotopic (exact) mass is 256 g/mol. The third-order valence-corrected chi connectivity index (χ3v) is 1.05. The number of nitrogens with zero attached hydrogens (tertiary/aromatic N) is 3. The van der Waals surface area contributed by atoms with Crippen LogP contribution >= 0.6 is 0 Å². The van der Waals surface area contributed by atoms with Gasteiger partial charge in [0.25, 0.3) is 5.82 Å². The van der Waals surface area contributed by atoms with Gasteiger partial charge in [-0.05, 0) is 12.1 Å². The Balaban J connectivity index is 0.000000325. The number of aromatic nitrogens is 4. The number of tetrazole rings is 1. The SMILES string of the molecule is CCOC(=O)c1nn[nH]n1.O=C(O)C(F)(F)F. The molecule has 0 aliphatic rings. The average Bonchev–Trinajstić information content (AvgIpc) is 2.70. The molecule has 0 amide bonds. The molecule has 11 heteroatoms. The van der Waals surface area contributed by atoms with Crippen molar-refractivity contribution in [1.29, 1.82) is 0 Å². The molecule has 8 nitrogen and oxygen atoms in total. The van der Waals surface area contributed by atoms with Crippen LogP contribution < -0.4 is 0 Å². The van der Waals surface area contributed by atoms with Crippen molar-refractivity contribution >= 4 is 11.9 Å². The summed E-state index contributed by atoms with van der Waals surface area (Å²) >= 11 is 0. The summed E-state index contributed by atoms with van der Waals surface area (Å²) in [6.07, 6.45) is -5.08. The Labute approximate surface area is 91.8 Å². The third-order valence-electron chi connectivity index (χ3n) is 1.05. The van der Waals surface area contributed by atoms with Gasteiger partial charge in [-0.15, -0.1) is 10.2 Å². The first-order chi connectivity index (χ1) is 7.79. The molecule has 17 heavy (non-hydrogen) atoms. The van der Waals surface area contributed by atoms with Gasteiger partial charge in [0.15, 0.2) is 0 Å². The van der Waals surface area contributed by atoms with Crippen molar-refractivity contribution in [3.05, 3.63) is 5.82 Å². The highest BCUT2D eigenvalue weighted by atomic mass is 19.4. The average molecular weight is 256 g/mol. The van der Waals surface area contributed by atoms with Gasteiger partial charge in [-0.25, -0.2) is 9.59 Å². The molecule has 0 atom stereocenters. The van der Waals surface area contributed by atoms with Crippen LogP contribution in [0.3, 0.4) is 0 Å². The van der Waals surface area contributed by atoms with Crippen LogP contribution in [0.5, 0.6) is 0 Å². The quantitative estimate of drug-likeness (QED) is 0.715. The van der Waals surface area contributed by atoms with Crippen molar-refractivity contribution in [3.8, 4) is 0 Å². The van der Waals surface area contributed by atoms with E-state index in [1.807, 2.05) is 0 Å². The number of ether oxygens (including phenoxy) is 1. The number of rotatable bonds is 2. The third kappa shape index (κ3) is 6.06. The Morgan fingerprint density at radius 3 is 2.29 bits per heavy atom. The molecule has 1 aromatic heterocycles. The number of carboxylic acids is 1. The molecule has 96 valence electrons. The zero-order chi connectivity index (χ0) is 13.5. The van der Waals surface area contributed by atoms with Crippen molar-refractivity contribution in [2.24, 2.45) is 0 Å². The van der Waals surface area contributed by atoms with E-state index < -0.39 is 18.1 Å². The predicted molar refractivity (Wildman–Crippen MR) is 43.8 cm³/mol. The molecule has 0 saturated carbocycles. The Hall–Kier alpha value is -2.20. The summed E-state index contributed by atoms with van der Waals surface area (Å²) < 4.78 is 36.3. The topological polar surface area (TPSA) is 118 Å². The summed E-state index contributed by atoms with van der Waals surface area (Å²) in [7, 11) is 0. The minimum atomic E-state index is -5.08. The molecule has 1 aromatic rings. The second kappa shape index (κ2) is 6.40. The maximum Gasteiger partial charge on any atom is 0.490 e. The minimum absolute atomic E-state index is 0.0400. The van der Waals surface area contributed by atoms with Gasteiger partial charge in [-0.1, -0.05) is 0 Å². The van der Waals surface area contributed by atoms with Crippen molar-refractivity contribution in [1.82, 2.24) is 20.6 Å². The summed E-state index contributed by atoms with van der Waals surface area (Å²) in [5.41, 5.74) is 0. The van der Waals surface area contributed by atoms with Crippen molar-refractivity contribution in [3.63, 3.8) is 0 Å². The summed E-state index contributed by atoms with van der Waals surface area (Å²) in [6.45, 7) is 2.02. The van der Waals surface area contributed by atoms with Crippen LogP contribution in [-0.4, -0.2) is 50.5 Å². The lowest BCUT2D eigenvalue weighted by molar-refractivity contribution is -0.192. The number of nitrogens with one attached hydrogen (secondary N) is 1. The van der Waals surface area contributed by atoms with Gasteiger partial charge < -0.3 is 9.84 Å². The van der Waals surface area contributed by atoms with Gasteiger partial charge in [-0.2, -0.15) is 18.4 Å². The van der Waals surface area contributed by atoms with Gasteiger partial charge in [-0.3, -0.25) is 0 Å². The predicted octanol–water partition coefficient (Wildman–Crippen LogP) is 0.00970. The van der Waals surface area contributed by atoms with Crippen LogP contribution in [0.15, 0.2) is 0 Å². The summed E-state index contributed by atoms with van der Waals surface area (Å²) in [6, 6.07) is 0. The van der Waals surface area contributed by atoms with Gasteiger partial charge in [0.05, 0.1) is 6.61 Å². The summed E-state index contributed by atoms with van der Waals surface area (Å²) in [4.78, 5) is 19.6. The molecule has 0 fully saturated rings. The van der Waals surface area contributed by atoms with E-state index in [9.17, 15) is 18.0 Å². The lowest BCUT2D eigenvalue weighted by atomic mass is 10.6. The Morgan fingerprint density at radius 2 is 2.00 bits per heavy atom. The highest BCUT2D eigenvalue weighted by molar-refractivity contribution is 5.84. The fraction of sp³-hybridized carbons (Fsp3) is 0.500. The van der Waals surface area contributed by atoms with Crippen molar-refractivity contribution in [2.45, 2.75) is 13.1 Å². The lowest BCUT2D eigenvalue weighted by Crippen LogP contribution is -2.21. The molecule has 0 aliphatic carbocycles. The second-order valence-corrected chi connectivity index (χ2v) is 2.26. The van der Waals surface area contributed by atoms with Gasteiger partial charge in [0.1, 0.15) is 0 Å². The fourth-order valence-corrected chi connectivity index (χ4v) is 0.444. The largest absolute Gasteiger partial charge is 0.490 e. The molecule has 1 rings (SSSR count). The second-order valence-electron chi connectivity index (χ2n) is 2.26. The Kier molecular flexibility index (Phi) is 5.57. The molecule has 2 N–H and O–H groups in total. The van der Waals surface area contributed by atoms with Crippen LogP contribution in [0.2, 0.25) is 0 Å². The number of alkyl halides is 3. The first kappa shape index (κ1) is 14.8. The number of hydrogen-bond acceptors (Lipinski definition) is 6. The number of carboxylic acid groups (broad SMARTS) is 1. The number of carbonyl (C=O) groups excluding carboxylic acids is 1. The molecule has 0 aromatic carbocycles. The smallest absolute Gasteiger partial charge is 0.475 e. The van der Waals surface area contributed by atoms with Crippen LogP contribution in [-0.2, 0) is 9.53 Å². The number of carbonyl (C=O) groups is 2. The zero-order valence-corrected chi connectivity index (χ0v) is 8.35. The molecule has 0 aliphatic heterocycles. The number of esters is 1. The van der Waals surface area contributed by atoms with E-state index in [0.717, 1.165) is 0 Å². The van der Waals surface area contributed by atoms with Crippen LogP contribution in [0, 0.1) is 0 Å².